The third kappa shape index (κ3) is 5.85. The highest BCUT2D eigenvalue weighted by atomic mass is 19.1. The van der Waals surface area contributed by atoms with Gasteiger partial charge in [0.15, 0.2) is 0 Å². The van der Waals surface area contributed by atoms with Crippen molar-refractivity contribution in [2.45, 2.75) is 20.4 Å². The van der Waals surface area contributed by atoms with Crippen LogP contribution in [-0.2, 0) is 11.3 Å². The van der Waals surface area contributed by atoms with E-state index in [9.17, 15) is 9.18 Å². The summed E-state index contributed by atoms with van der Waals surface area (Å²) in [5.74, 6) is -0.318. The van der Waals surface area contributed by atoms with E-state index in [-0.39, 0.29) is 12.4 Å². The van der Waals surface area contributed by atoms with Gasteiger partial charge < -0.3 is 0 Å². The smallest absolute Gasteiger partial charge is 0.230 e. The first kappa shape index (κ1) is 22.8. The molecular formula is C27H26FN3O. The number of halogens is 1. The topological polar surface area (TPSA) is 45.0 Å². The van der Waals surface area contributed by atoms with Gasteiger partial charge in [-0.1, -0.05) is 72.3 Å². The molecule has 3 aromatic rings. The second kappa shape index (κ2) is 11.0. The highest BCUT2D eigenvalue weighted by molar-refractivity contribution is 6.37. The van der Waals surface area contributed by atoms with Crippen LogP contribution < -0.4 is 0 Å². The molecule has 0 saturated carbocycles. The molecule has 0 aliphatic rings. The van der Waals surface area contributed by atoms with Crippen LogP contribution in [0.4, 0.5) is 4.39 Å². The van der Waals surface area contributed by atoms with Crippen molar-refractivity contribution in [1.82, 2.24) is 5.01 Å². The maximum atomic E-state index is 13.2. The largest absolute Gasteiger partial charge is 0.296 e. The van der Waals surface area contributed by atoms with E-state index in [4.69, 9.17) is 0 Å². The molecule has 0 aliphatic heterocycles. The summed E-state index contributed by atoms with van der Waals surface area (Å²) in [7, 11) is 1.73. The molecular weight excluding hydrogens is 401 g/mol. The first-order valence-corrected chi connectivity index (χ1v) is 10.3. The van der Waals surface area contributed by atoms with Crippen LogP contribution in [0.15, 0.2) is 89.0 Å². The predicted octanol–water partition coefficient (Wildman–Crippen LogP) is 5.78. The van der Waals surface area contributed by atoms with Crippen molar-refractivity contribution in [2.24, 2.45) is 10.1 Å². The van der Waals surface area contributed by atoms with E-state index in [2.05, 4.69) is 34.4 Å². The van der Waals surface area contributed by atoms with Gasteiger partial charge in [-0.2, -0.15) is 5.10 Å². The van der Waals surface area contributed by atoms with Crippen LogP contribution in [0, 0.1) is 12.7 Å². The average molecular weight is 428 g/mol. The van der Waals surface area contributed by atoms with E-state index in [0.717, 1.165) is 27.8 Å². The molecule has 0 radical (unpaired) electrons. The number of benzene rings is 3. The van der Waals surface area contributed by atoms with Crippen LogP contribution in [0.3, 0.4) is 0 Å². The minimum absolute atomic E-state index is 0.241. The number of carbonyl (C=O) groups excluding carboxylic acids is 1. The number of hydrazone groups is 1. The van der Waals surface area contributed by atoms with Gasteiger partial charge in [0.1, 0.15) is 5.82 Å². The third-order valence-electron chi connectivity index (χ3n) is 4.97. The standard InChI is InChI=1S/C27H26FN3O/c1-20-9-13-23(14-10-20)26(17-29-3)27(24-7-5-4-6-8-24)21(2)30-31(19-32)18-22-11-15-25(28)16-12-22/h4-17,19H,18H2,1-3H3/b27-26-,29-17?,30-21+. The van der Waals surface area contributed by atoms with E-state index in [1.165, 1.54) is 22.7 Å². The molecule has 0 aromatic heterocycles. The summed E-state index contributed by atoms with van der Waals surface area (Å²) < 4.78 is 13.2. The normalized spacial score (nSPS) is 12.6. The van der Waals surface area contributed by atoms with Gasteiger partial charge in [-0.3, -0.25) is 9.79 Å². The molecule has 4 nitrogen and oxygen atoms in total. The number of carbonyl (C=O) groups is 1. The number of aliphatic imine (C=N–C) groups is 1. The van der Waals surface area contributed by atoms with Crippen molar-refractivity contribution in [3.63, 3.8) is 0 Å². The van der Waals surface area contributed by atoms with Crippen LogP contribution in [0.25, 0.3) is 11.1 Å². The van der Waals surface area contributed by atoms with Gasteiger partial charge in [-0.05, 0) is 42.7 Å². The predicted molar refractivity (Wildman–Crippen MR) is 130 cm³/mol. The Morgan fingerprint density at radius 3 is 2.19 bits per heavy atom. The van der Waals surface area contributed by atoms with Crippen LogP contribution in [0.5, 0.6) is 0 Å². The molecule has 0 unspecified atom stereocenters. The number of amides is 1. The van der Waals surface area contributed by atoms with Gasteiger partial charge >= 0.3 is 0 Å². The Kier molecular flexibility index (Phi) is 7.81. The van der Waals surface area contributed by atoms with E-state index in [1.807, 2.05) is 50.4 Å². The minimum Gasteiger partial charge on any atom is -0.296 e. The van der Waals surface area contributed by atoms with Crippen molar-refractivity contribution in [2.75, 3.05) is 7.05 Å². The molecule has 0 fully saturated rings. The van der Waals surface area contributed by atoms with Crippen LogP contribution in [-0.4, -0.2) is 30.4 Å². The molecule has 0 N–H and O–H groups in total. The van der Waals surface area contributed by atoms with Crippen molar-refractivity contribution < 1.29 is 9.18 Å². The first-order valence-electron chi connectivity index (χ1n) is 10.3. The van der Waals surface area contributed by atoms with Crippen molar-refractivity contribution in [3.8, 4) is 0 Å². The molecule has 3 aromatic carbocycles. The molecule has 0 saturated heterocycles. The monoisotopic (exact) mass is 427 g/mol. The maximum absolute atomic E-state index is 13.2. The molecule has 5 heteroatoms. The maximum Gasteiger partial charge on any atom is 0.230 e. The number of hydrogen-bond donors (Lipinski definition) is 0. The molecule has 162 valence electrons. The Balaban J connectivity index is 2.11. The lowest BCUT2D eigenvalue weighted by Gasteiger charge is -2.17. The summed E-state index contributed by atoms with van der Waals surface area (Å²) in [6.45, 7) is 4.16. The average Bonchev–Trinajstić information content (AvgIpc) is 2.81. The van der Waals surface area contributed by atoms with Gasteiger partial charge in [0.25, 0.3) is 0 Å². The van der Waals surface area contributed by atoms with Gasteiger partial charge in [0, 0.05) is 24.4 Å². The lowest BCUT2D eigenvalue weighted by atomic mass is 9.92. The molecule has 0 aliphatic carbocycles. The highest BCUT2D eigenvalue weighted by Gasteiger charge is 2.15. The summed E-state index contributed by atoms with van der Waals surface area (Å²) in [6.07, 6.45) is 2.49. The highest BCUT2D eigenvalue weighted by Crippen LogP contribution is 2.27. The fourth-order valence-corrected chi connectivity index (χ4v) is 3.43. The lowest BCUT2D eigenvalue weighted by Crippen LogP contribution is -2.18. The molecule has 1 amide bonds. The Hall–Kier alpha value is -3.86. The van der Waals surface area contributed by atoms with Gasteiger partial charge in [0.2, 0.25) is 6.41 Å². The number of allylic oxidation sites excluding steroid dienone is 2. The molecule has 3 rings (SSSR count). The Morgan fingerprint density at radius 1 is 0.938 bits per heavy atom. The SMILES string of the molecule is CN=C/C(=C(\C(C)=N\N(C=O)Cc1ccc(F)cc1)c1ccccc1)c1ccc(C)cc1. The number of aryl methyl sites for hydroxylation is 1. The van der Waals surface area contributed by atoms with Gasteiger partial charge in [-0.15, -0.1) is 0 Å². The van der Waals surface area contributed by atoms with E-state index in [1.54, 1.807) is 19.2 Å². The summed E-state index contributed by atoms with van der Waals surface area (Å²) in [4.78, 5) is 16.1. The van der Waals surface area contributed by atoms with Crippen LogP contribution in [0.1, 0.15) is 29.2 Å². The second-order valence-corrected chi connectivity index (χ2v) is 7.42. The van der Waals surface area contributed by atoms with Crippen LogP contribution in [0.2, 0.25) is 0 Å². The summed E-state index contributed by atoms with van der Waals surface area (Å²) >= 11 is 0. The van der Waals surface area contributed by atoms with E-state index >= 15 is 0 Å². The molecule has 0 spiro atoms. The van der Waals surface area contributed by atoms with Crippen molar-refractivity contribution in [1.29, 1.82) is 0 Å². The zero-order chi connectivity index (χ0) is 22.9. The summed E-state index contributed by atoms with van der Waals surface area (Å²) in [6, 6.07) is 24.2. The fourth-order valence-electron chi connectivity index (χ4n) is 3.43. The van der Waals surface area contributed by atoms with Gasteiger partial charge in [-0.25, -0.2) is 9.40 Å². The second-order valence-electron chi connectivity index (χ2n) is 7.42. The quantitative estimate of drug-likeness (QED) is 0.194. The molecule has 0 atom stereocenters. The molecule has 0 bridgehead atoms. The number of rotatable bonds is 8. The van der Waals surface area contributed by atoms with Crippen molar-refractivity contribution in [3.05, 3.63) is 107 Å². The van der Waals surface area contributed by atoms with Crippen LogP contribution >= 0.6 is 0 Å². The van der Waals surface area contributed by atoms with Crippen molar-refractivity contribution >= 4 is 29.5 Å². The molecule has 0 heterocycles. The minimum atomic E-state index is -0.318. The van der Waals surface area contributed by atoms with Gasteiger partial charge in [0.05, 0.1) is 12.3 Å². The van der Waals surface area contributed by atoms with E-state index in [0.29, 0.717) is 12.1 Å². The Morgan fingerprint density at radius 2 is 1.59 bits per heavy atom. The van der Waals surface area contributed by atoms with E-state index < -0.39 is 0 Å². The summed E-state index contributed by atoms with van der Waals surface area (Å²) in [5.41, 5.74) is 6.39. The lowest BCUT2D eigenvalue weighted by molar-refractivity contribution is -0.118. The molecule has 32 heavy (non-hydrogen) atoms. The number of hydrogen-bond acceptors (Lipinski definition) is 3. The number of nitrogens with zero attached hydrogens (tertiary/aromatic N) is 3. The zero-order valence-electron chi connectivity index (χ0n) is 18.5. The Labute approximate surface area is 188 Å². The first-order chi connectivity index (χ1) is 15.5. The summed E-state index contributed by atoms with van der Waals surface area (Å²) in [5, 5.41) is 5.93. The Bertz CT molecular complexity index is 1130. The zero-order valence-corrected chi connectivity index (χ0v) is 18.5. The third-order valence-corrected chi connectivity index (χ3v) is 4.97. The fraction of sp³-hybridized carbons (Fsp3) is 0.148.